The van der Waals surface area contributed by atoms with E-state index in [0.717, 1.165) is 99.8 Å². The third-order valence-electron chi connectivity index (χ3n) is 7.16. The van der Waals surface area contributed by atoms with Gasteiger partial charge in [-0.3, -0.25) is 14.5 Å². The Hall–Kier alpha value is -1.42. The van der Waals surface area contributed by atoms with Crippen molar-refractivity contribution in [3.8, 4) is 0 Å². The van der Waals surface area contributed by atoms with Gasteiger partial charge in [-0.1, -0.05) is 0 Å². The summed E-state index contributed by atoms with van der Waals surface area (Å²) in [5, 5.41) is 0.815. The van der Waals surface area contributed by atoms with Crippen molar-refractivity contribution in [1.82, 2.24) is 19.8 Å². The lowest BCUT2D eigenvalue weighted by Crippen LogP contribution is -2.44. The van der Waals surface area contributed by atoms with Gasteiger partial charge in [-0.05, 0) is 50.0 Å². The molecule has 2 aromatic rings. The molecule has 2 aromatic heterocycles. The third-order valence-corrected chi connectivity index (χ3v) is 9.32. The molecule has 0 spiro atoms. The van der Waals surface area contributed by atoms with Crippen LogP contribution >= 0.6 is 23.1 Å². The van der Waals surface area contributed by atoms with Crippen LogP contribution in [-0.4, -0.2) is 77.4 Å². The van der Waals surface area contributed by atoms with Gasteiger partial charge in [-0.2, -0.15) is 11.8 Å². The molecule has 1 aliphatic carbocycles. The summed E-state index contributed by atoms with van der Waals surface area (Å²) in [5.74, 6) is 3.09. The number of hydrogen-bond acceptors (Lipinski definition) is 7. The number of aromatic nitrogens is 2. The minimum absolute atomic E-state index is 0.00558. The van der Waals surface area contributed by atoms with E-state index >= 15 is 0 Å². The summed E-state index contributed by atoms with van der Waals surface area (Å²) in [6, 6.07) is 0. The van der Waals surface area contributed by atoms with Gasteiger partial charge in [0, 0.05) is 49.8 Å². The normalized spacial score (nSPS) is 20.3. The largest absolute Gasteiger partial charge is 0.379 e. The highest BCUT2D eigenvalue weighted by Gasteiger charge is 2.25. The second-order valence-electron chi connectivity index (χ2n) is 9.44. The number of likely N-dealkylation sites (tertiary alicyclic amines) is 1. The van der Waals surface area contributed by atoms with Crippen molar-refractivity contribution in [2.45, 2.75) is 50.7 Å². The van der Waals surface area contributed by atoms with Crippen LogP contribution in [0.2, 0.25) is 0 Å². The van der Waals surface area contributed by atoms with Crippen LogP contribution in [0.25, 0.3) is 10.2 Å². The summed E-state index contributed by atoms with van der Waals surface area (Å²) in [6.07, 6.45) is 7.21. The molecule has 0 saturated carbocycles. The number of nitrogens with zero attached hydrogens (tertiary/aromatic N) is 3. The van der Waals surface area contributed by atoms with E-state index < -0.39 is 0 Å². The fourth-order valence-corrected chi connectivity index (χ4v) is 7.35. The predicted molar refractivity (Wildman–Crippen MR) is 134 cm³/mol. The first-order valence-corrected chi connectivity index (χ1v) is 14.3. The Labute approximate surface area is 203 Å². The molecule has 1 amide bonds. The van der Waals surface area contributed by atoms with Crippen LogP contribution in [0.15, 0.2) is 4.79 Å². The summed E-state index contributed by atoms with van der Waals surface area (Å²) in [4.78, 5) is 39.8. The Kier molecular flexibility index (Phi) is 7.69. The summed E-state index contributed by atoms with van der Waals surface area (Å²) >= 11 is 3.37. The molecular formula is C24H34N4O3S2. The summed E-state index contributed by atoms with van der Waals surface area (Å²) in [7, 11) is 0. The first kappa shape index (κ1) is 23.3. The second kappa shape index (κ2) is 10.9. The van der Waals surface area contributed by atoms with E-state index in [2.05, 4.69) is 9.88 Å². The Bertz CT molecular complexity index is 1020. The molecule has 4 heterocycles. The number of piperidine rings is 1. The van der Waals surface area contributed by atoms with E-state index in [4.69, 9.17) is 9.72 Å². The van der Waals surface area contributed by atoms with Gasteiger partial charge in [0.05, 0.1) is 24.4 Å². The lowest BCUT2D eigenvalue weighted by atomic mass is 9.96. The molecule has 0 aromatic carbocycles. The van der Waals surface area contributed by atoms with E-state index in [-0.39, 0.29) is 11.5 Å². The molecule has 33 heavy (non-hydrogen) atoms. The summed E-state index contributed by atoms with van der Waals surface area (Å²) in [6.45, 7) is 6.68. The van der Waals surface area contributed by atoms with Crippen molar-refractivity contribution in [3.63, 3.8) is 0 Å². The number of thioether (sulfide) groups is 1. The molecule has 2 fully saturated rings. The van der Waals surface area contributed by atoms with Crippen molar-refractivity contribution in [1.29, 1.82) is 0 Å². The van der Waals surface area contributed by atoms with Crippen LogP contribution in [-0.2, 0) is 28.1 Å². The van der Waals surface area contributed by atoms with Crippen LogP contribution in [0, 0.1) is 5.92 Å². The molecule has 0 atom stereocenters. The van der Waals surface area contributed by atoms with Crippen molar-refractivity contribution >= 4 is 39.2 Å². The van der Waals surface area contributed by atoms with Crippen molar-refractivity contribution in [2.24, 2.45) is 5.92 Å². The first-order valence-electron chi connectivity index (χ1n) is 12.4. The second-order valence-corrected chi connectivity index (χ2v) is 11.6. The molecule has 5 rings (SSSR count). The first-order chi connectivity index (χ1) is 16.2. The number of amides is 1. The monoisotopic (exact) mass is 490 g/mol. The molecule has 3 aliphatic rings. The van der Waals surface area contributed by atoms with Crippen LogP contribution in [0.3, 0.4) is 0 Å². The van der Waals surface area contributed by atoms with E-state index in [9.17, 15) is 9.59 Å². The third kappa shape index (κ3) is 5.63. The molecule has 1 N–H and O–H groups in total. The summed E-state index contributed by atoms with van der Waals surface area (Å²) in [5.41, 5.74) is 1.24. The highest BCUT2D eigenvalue weighted by Crippen LogP contribution is 2.33. The zero-order chi connectivity index (χ0) is 22.6. The summed E-state index contributed by atoms with van der Waals surface area (Å²) < 4.78 is 5.44. The zero-order valence-electron chi connectivity index (χ0n) is 19.3. The van der Waals surface area contributed by atoms with Crippen LogP contribution < -0.4 is 5.56 Å². The van der Waals surface area contributed by atoms with Gasteiger partial charge in [0.2, 0.25) is 5.91 Å². The van der Waals surface area contributed by atoms with Gasteiger partial charge >= 0.3 is 0 Å². The highest BCUT2D eigenvalue weighted by atomic mass is 32.2. The maximum Gasteiger partial charge on any atom is 0.259 e. The van der Waals surface area contributed by atoms with Gasteiger partial charge in [0.15, 0.2) is 0 Å². The maximum absolute atomic E-state index is 12.7. The number of fused-ring (bicyclic) bond motifs is 3. The predicted octanol–water partition coefficient (Wildman–Crippen LogP) is 3.06. The van der Waals surface area contributed by atoms with Gasteiger partial charge in [-0.25, -0.2) is 4.98 Å². The Morgan fingerprint density at radius 2 is 1.94 bits per heavy atom. The fourth-order valence-electron chi connectivity index (χ4n) is 5.28. The number of aromatic amines is 1. The van der Waals surface area contributed by atoms with Gasteiger partial charge in [0.1, 0.15) is 10.7 Å². The van der Waals surface area contributed by atoms with Crippen LogP contribution in [0.1, 0.15) is 48.4 Å². The Morgan fingerprint density at radius 3 is 2.76 bits per heavy atom. The van der Waals surface area contributed by atoms with Crippen LogP contribution in [0.4, 0.5) is 0 Å². The van der Waals surface area contributed by atoms with Gasteiger partial charge in [0.25, 0.3) is 5.56 Å². The highest BCUT2D eigenvalue weighted by molar-refractivity contribution is 7.98. The smallest absolute Gasteiger partial charge is 0.259 e. The molecule has 7 nitrogen and oxygen atoms in total. The molecule has 0 bridgehead atoms. The Morgan fingerprint density at radius 1 is 1.15 bits per heavy atom. The number of aryl methyl sites for hydroxylation is 2. The van der Waals surface area contributed by atoms with Crippen molar-refractivity contribution in [2.75, 3.05) is 51.7 Å². The SMILES string of the molecule is O=C(CCSCc1nc2sc3c(c2c(=O)[nH]1)CCCC3)N1CCC(CN2CCOCC2)CC1. The number of carbonyl (C=O) groups is 1. The number of H-pyrrole nitrogens is 1. The number of hydrogen-bond donors (Lipinski definition) is 1. The fraction of sp³-hybridized carbons (Fsp3) is 0.708. The van der Waals surface area contributed by atoms with E-state index in [1.54, 1.807) is 23.1 Å². The maximum atomic E-state index is 12.7. The number of carbonyl (C=O) groups excluding carboxylic acids is 1. The number of nitrogens with one attached hydrogen (secondary N) is 1. The lowest BCUT2D eigenvalue weighted by Gasteiger charge is -2.36. The number of rotatable bonds is 7. The van der Waals surface area contributed by atoms with E-state index in [1.807, 2.05) is 4.90 Å². The topological polar surface area (TPSA) is 78.5 Å². The molecule has 2 aliphatic heterocycles. The average Bonchev–Trinajstić information content (AvgIpc) is 3.22. The quantitative estimate of drug-likeness (QED) is 0.601. The van der Waals surface area contributed by atoms with E-state index in [0.29, 0.717) is 18.1 Å². The van der Waals surface area contributed by atoms with E-state index in [1.165, 1.54) is 16.9 Å². The Balaban J connectivity index is 1.05. The molecule has 0 radical (unpaired) electrons. The lowest BCUT2D eigenvalue weighted by molar-refractivity contribution is -0.132. The zero-order valence-corrected chi connectivity index (χ0v) is 20.9. The molecule has 9 heteroatoms. The van der Waals surface area contributed by atoms with Crippen LogP contribution in [0.5, 0.6) is 0 Å². The van der Waals surface area contributed by atoms with Crippen molar-refractivity contribution < 1.29 is 9.53 Å². The molecule has 0 unspecified atom stereocenters. The number of ether oxygens (including phenoxy) is 1. The number of morpholine rings is 1. The number of thiophene rings is 1. The molecular weight excluding hydrogens is 456 g/mol. The average molecular weight is 491 g/mol. The standard InChI is InChI=1S/C24H34N4O3S2/c29-21(28-8-5-17(6-9-28)15-27-10-12-31-13-11-27)7-14-32-16-20-25-23(30)22-18-3-1-2-4-19(18)33-24(22)26-20/h17H,1-16H2,(H,25,26,30). The minimum atomic E-state index is 0.00558. The van der Waals surface area contributed by atoms with Gasteiger partial charge in [-0.15, -0.1) is 11.3 Å². The minimum Gasteiger partial charge on any atom is -0.379 e. The molecule has 2 saturated heterocycles. The molecule has 180 valence electrons. The van der Waals surface area contributed by atoms with Gasteiger partial charge < -0.3 is 14.6 Å². The van der Waals surface area contributed by atoms with Crippen molar-refractivity contribution in [3.05, 3.63) is 26.6 Å².